The van der Waals surface area contributed by atoms with E-state index in [2.05, 4.69) is 45.8 Å². The smallest absolute Gasteiger partial charge is 0.167 e. The maximum Gasteiger partial charge on any atom is 0.167 e. The van der Waals surface area contributed by atoms with E-state index < -0.39 is 0 Å². The molecule has 0 amide bonds. The van der Waals surface area contributed by atoms with Gasteiger partial charge in [0, 0.05) is 6.54 Å². The molecular formula is C6H14IN3O. The molecule has 0 radical (unpaired) electrons. The van der Waals surface area contributed by atoms with E-state index in [0.717, 1.165) is 13.0 Å². The zero-order chi connectivity index (χ0) is 8.10. The summed E-state index contributed by atoms with van der Waals surface area (Å²) in [5.41, 5.74) is 8.81. The monoisotopic (exact) mass is 271 g/mol. The summed E-state index contributed by atoms with van der Waals surface area (Å²) < 4.78 is 0.377. The van der Waals surface area contributed by atoms with Crippen molar-refractivity contribution in [2.24, 2.45) is 0 Å². The predicted octanol–water partition coefficient (Wildman–Crippen LogP) is 0.503. The minimum Gasteiger partial charge on any atom is -0.279 e. The van der Waals surface area contributed by atoms with E-state index in [4.69, 9.17) is 4.84 Å². The van der Waals surface area contributed by atoms with Gasteiger partial charge in [-0.3, -0.25) is 4.84 Å². The quantitative estimate of drug-likeness (QED) is 0.224. The highest BCUT2D eigenvalue weighted by atomic mass is 127. The zero-order valence-electron chi connectivity index (χ0n) is 6.56. The number of halogens is 1. The Balaban J connectivity index is 1.87. The Bertz CT molecular complexity index is 114. The van der Waals surface area contributed by atoms with Crippen LogP contribution < -0.4 is 16.3 Å². The minimum atomic E-state index is 0.118. The highest BCUT2D eigenvalue weighted by molar-refractivity contribution is 14.1. The summed E-state index contributed by atoms with van der Waals surface area (Å²) in [5, 5.41) is 0. The van der Waals surface area contributed by atoms with Crippen molar-refractivity contribution in [2.75, 3.05) is 6.54 Å². The van der Waals surface area contributed by atoms with Crippen molar-refractivity contribution in [3.8, 4) is 0 Å². The van der Waals surface area contributed by atoms with Gasteiger partial charge in [0.05, 0.1) is 0 Å². The Morgan fingerprint density at radius 3 is 2.82 bits per heavy atom. The van der Waals surface area contributed by atoms with Crippen molar-refractivity contribution in [1.82, 2.24) is 16.3 Å². The van der Waals surface area contributed by atoms with Gasteiger partial charge in [-0.1, -0.05) is 35.9 Å². The maximum absolute atomic E-state index is 5.26. The molecule has 0 aromatic rings. The maximum atomic E-state index is 5.26. The van der Waals surface area contributed by atoms with Gasteiger partial charge in [0.2, 0.25) is 0 Å². The first kappa shape index (κ1) is 9.66. The van der Waals surface area contributed by atoms with E-state index in [1.54, 1.807) is 0 Å². The average Bonchev–Trinajstić information content (AvgIpc) is 2.02. The fourth-order valence-corrected chi connectivity index (χ4v) is 1.21. The Hall–Kier alpha value is 0.570. The number of alkyl halides is 1. The fourth-order valence-electron chi connectivity index (χ4n) is 0.701. The third-order valence-corrected chi connectivity index (χ3v) is 2.44. The molecule has 11 heavy (non-hydrogen) atoms. The Morgan fingerprint density at radius 2 is 2.36 bits per heavy atom. The van der Waals surface area contributed by atoms with Gasteiger partial charge in [-0.25, -0.2) is 16.3 Å². The van der Waals surface area contributed by atoms with Crippen LogP contribution in [0.1, 0.15) is 19.8 Å². The first-order chi connectivity index (χ1) is 5.34. The molecule has 1 fully saturated rings. The first-order valence-electron chi connectivity index (χ1n) is 3.88. The van der Waals surface area contributed by atoms with E-state index in [0.29, 0.717) is 4.05 Å². The van der Waals surface area contributed by atoms with Crippen molar-refractivity contribution in [3.63, 3.8) is 0 Å². The summed E-state index contributed by atoms with van der Waals surface area (Å²) in [5.74, 6) is 0. The van der Waals surface area contributed by atoms with Crippen LogP contribution in [0.3, 0.4) is 0 Å². The number of nitrogens with one attached hydrogen (secondary N) is 3. The van der Waals surface area contributed by atoms with Gasteiger partial charge in [-0.15, -0.1) is 0 Å². The van der Waals surface area contributed by atoms with Crippen LogP contribution in [-0.4, -0.2) is 16.8 Å². The third kappa shape index (κ3) is 3.20. The SMILES string of the molecule is CCCCNO[C@H]1NNC1I. The van der Waals surface area contributed by atoms with Crippen molar-refractivity contribution >= 4 is 22.6 Å². The summed E-state index contributed by atoms with van der Waals surface area (Å²) in [6.07, 6.45) is 2.47. The van der Waals surface area contributed by atoms with Crippen LogP contribution in [0, 0.1) is 0 Å². The molecule has 0 aromatic heterocycles. The molecule has 0 saturated carbocycles. The lowest BCUT2D eigenvalue weighted by Crippen LogP contribution is -2.66. The standard InChI is InChI=1S/C6H14IN3O/c1-2-3-4-8-11-6-5(7)9-10-6/h5-6,8-10H,2-4H2,1H3/t5?,6-/m1/s1. The van der Waals surface area contributed by atoms with Gasteiger partial charge in [0.25, 0.3) is 0 Å². The van der Waals surface area contributed by atoms with Gasteiger partial charge in [0.1, 0.15) is 4.05 Å². The van der Waals surface area contributed by atoms with Crippen LogP contribution in [0.25, 0.3) is 0 Å². The molecule has 0 aliphatic carbocycles. The van der Waals surface area contributed by atoms with Crippen LogP contribution in [0.4, 0.5) is 0 Å². The highest BCUT2D eigenvalue weighted by Crippen LogP contribution is 2.08. The molecule has 3 N–H and O–H groups in total. The fraction of sp³-hybridized carbons (Fsp3) is 1.00. The lowest BCUT2D eigenvalue weighted by Gasteiger charge is -2.34. The number of hydrogen-bond donors (Lipinski definition) is 3. The van der Waals surface area contributed by atoms with Crippen LogP contribution in [0.2, 0.25) is 0 Å². The molecule has 5 heteroatoms. The topological polar surface area (TPSA) is 45.3 Å². The molecule has 1 rings (SSSR count). The second-order valence-corrected chi connectivity index (χ2v) is 3.82. The summed E-state index contributed by atoms with van der Waals surface area (Å²) in [6, 6.07) is 0. The molecule has 1 unspecified atom stereocenters. The Labute approximate surface area is 80.5 Å². The molecule has 1 aliphatic rings. The number of hydroxylamine groups is 1. The molecular weight excluding hydrogens is 257 g/mol. The third-order valence-electron chi connectivity index (χ3n) is 1.47. The van der Waals surface area contributed by atoms with Gasteiger partial charge in [-0.05, 0) is 6.42 Å². The summed E-state index contributed by atoms with van der Waals surface area (Å²) in [6.45, 7) is 3.09. The predicted molar refractivity (Wildman–Crippen MR) is 51.9 cm³/mol. The lowest BCUT2D eigenvalue weighted by molar-refractivity contribution is -0.0911. The highest BCUT2D eigenvalue weighted by Gasteiger charge is 2.27. The van der Waals surface area contributed by atoms with Gasteiger partial charge in [-0.2, -0.15) is 0 Å². The van der Waals surface area contributed by atoms with E-state index in [1.807, 2.05) is 0 Å². The van der Waals surface area contributed by atoms with Gasteiger partial charge < -0.3 is 0 Å². The van der Waals surface area contributed by atoms with E-state index >= 15 is 0 Å². The molecule has 1 aliphatic heterocycles. The number of unbranched alkanes of at least 4 members (excludes halogenated alkanes) is 1. The van der Waals surface area contributed by atoms with Gasteiger partial charge >= 0.3 is 0 Å². The Morgan fingerprint density at radius 1 is 1.55 bits per heavy atom. The second-order valence-electron chi connectivity index (χ2n) is 2.48. The van der Waals surface area contributed by atoms with Crippen LogP contribution in [0.15, 0.2) is 0 Å². The molecule has 1 saturated heterocycles. The summed E-state index contributed by atoms with van der Waals surface area (Å²) in [7, 11) is 0. The normalized spacial score (nSPS) is 30.0. The molecule has 0 bridgehead atoms. The second kappa shape index (κ2) is 5.26. The zero-order valence-corrected chi connectivity index (χ0v) is 8.72. The first-order valence-corrected chi connectivity index (χ1v) is 5.13. The largest absolute Gasteiger partial charge is 0.279 e. The number of rotatable bonds is 5. The molecule has 0 aromatic carbocycles. The Kier molecular flexibility index (Phi) is 4.61. The van der Waals surface area contributed by atoms with Crippen LogP contribution in [-0.2, 0) is 4.84 Å². The lowest BCUT2D eigenvalue weighted by atomic mass is 10.3. The molecule has 0 spiro atoms. The molecule has 2 atom stereocenters. The number of hydrazine groups is 1. The van der Waals surface area contributed by atoms with Crippen molar-refractivity contribution in [1.29, 1.82) is 0 Å². The molecule has 66 valence electrons. The van der Waals surface area contributed by atoms with Crippen LogP contribution in [0.5, 0.6) is 0 Å². The number of hydrogen-bond acceptors (Lipinski definition) is 4. The van der Waals surface area contributed by atoms with Crippen molar-refractivity contribution in [2.45, 2.75) is 30.0 Å². The van der Waals surface area contributed by atoms with Gasteiger partial charge in [0.15, 0.2) is 6.23 Å². The molecule has 1 heterocycles. The van der Waals surface area contributed by atoms with Crippen molar-refractivity contribution in [3.05, 3.63) is 0 Å². The van der Waals surface area contributed by atoms with E-state index in [-0.39, 0.29) is 6.23 Å². The van der Waals surface area contributed by atoms with E-state index in [1.165, 1.54) is 6.42 Å². The summed E-state index contributed by atoms with van der Waals surface area (Å²) >= 11 is 2.28. The molecule has 4 nitrogen and oxygen atoms in total. The van der Waals surface area contributed by atoms with Crippen LogP contribution >= 0.6 is 22.6 Å². The van der Waals surface area contributed by atoms with Crippen molar-refractivity contribution < 1.29 is 4.84 Å². The minimum absolute atomic E-state index is 0.118. The average molecular weight is 271 g/mol. The van der Waals surface area contributed by atoms with E-state index in [9.17, 15) is 0 Å². The summed E-state index contributed by atoms with van der Waals surface area (Å²) in [4.78, 5) is 5.26.